The number of hydrogen-bond acceptors (Lipinski definition) is 4. The third-order valence-electron chi connectivity index (χ3n) is 3.26. The quantitative estimate of drug-likeness (QED) is 0.865. The highest BCUT2D eigenvalue weighted by Crippen LogP contribution is 2.23. The molecule has 2 rings (SSSR count). The van der Waals surface area contributed by atoms with Crippen molar-refractivity contribution in [3.05, 3.63) is 0 Å². The van der Waals surface area contributed by atoms with Gasteiger partial charge in [0.05, 0.1) is 0 Å². The van der Waals surface area contributed by atoms with Crippen molar-refractivity contribution in [3.63, 3.8) is 0 Å². The highest BCUT2D eigenvalue weighted by Gasteiger charge is 2.14. The average molecular weight is 253 g/mol. The summed E-state index contributed by atoms with van der Waals surface area (Å²) in [4.78, 5) is 4.18. The number of aryl methyl sites for hydroxylation is 1. The second-order valence-corrected chi connectivity index (χ2v) is 4.49. The van der Waals surface area contributed by atoms with Crippen LogP contribution in [0.15, 0.2) is 0 Å². The van der Waals surface area contributed by atoms with Crippen LogP contribution in [0.5, 0.6) is 0 Å². The van der Waals surface area contributed by atoms with E-state index in [0.29, 0.717) is 5.95 Å². The Hall–Kier alpha value is -1.26. The van der Waals surface area contributed by atoms with Crippen molar-refractivity contribution >= 4 is 11.9 Å². The molecule has 0 atom stereocenters. The highest BCUT2D eigenvalue weighted by molar-refractivity contribution is 5.31. The fraction of sp³-hybridized carbons (Fsp3) is 0.846. The zero-order valence-corrected chi connectivity index (χ0v) is 11.9. The van der Waals surface area contributed by atoms with Gasteiger partial charge in [0.1, 0.15) is 0 Å². The van der Waals surface area contributed by atoms with E-state index in [1.165, 1.54) is 32.1 Å². The third kappa shape index (κ3) is 4.20. The second kappa shape index (κ2) is 7.95. The van der Waals surface area contributed by atoms with Gasteiger partial charge in [-0.1, -0.05) is 33.1 Å². The lowest BCUT2D eigenvalue weighted by molar-refractivity contribution is 0.372. The van der Waals surface area contributed by atoms with Gasteiger partial charge in [0, 0.05) is 13.1 Å². The summed E-state index contributed by atoms with van der Waals surface area (Å²) in [5.41, 5.74) is 5.58. The zero-order valence-electron chi connectivity index (χ0n) is 11.9. The van der Waals surface area contributed by atoms with Gasteiger partial charge in [0.2, 0.25) is 11.9 Å². The van der Waals surface area contributed by atoms with E-state index in [1.54, 1.807) is 0 Å². The molecule has 104 valence electrons. The van der Waals surface area contributed by atoms with E-state index in [9.17, 15) is 0 Å². The monoisotopic (exact) mass is 253 g/mol. The molecule has 0 radical (unpaired) electrons. The summed E-state index contributed by atoms with van der Waals surface area (Å²) in [6, 6.07) is 0. The molecular weight excluding hydrogens is 226 g/mol. The van der Waals surface area contributed by atoms with Gasteiger partial charge in [-0.2, -0.15) is 4.98 Å². The Morgan fingerprint density at radius 2 is 1.94 bits per heavy atom. The molecule has 0 spiro atoms. The fourth-order valence-electron chi connectivity index (χ4n) is 2.34. The van der Waals surface area contributed by atoms with Crippen molar-refractivity contribution in [1.82, 2.24) is 14.8 Å². The first-order valence-corrected chi connectivity index (χ1v) is 7.23. The van der Waals surface area contributed by atoms with Crippen LogP contribution in [0.4, 0.5) is 11.9 Å². The third-order valence-corrected chi connectivity index (χ3v) is 3.26. The average Bonchev–Trinajstić information content (AvgIpc) is 2.80. The van der Waals surface area contributed by atoms with E-state index in [4.69, 9.17) is 5.73 Å². The molecule has 1 aromatic heterocycles. The number of nitrogen functional groups attached to an aromatic ring is 1. The van der Waals surface area contributed by atoms with Crippen LogP contribution in [0, 0.1) is 5.92 Å². The summed E-state index contributed by atoms with van der Waals surface area (Å²) < 4.78 is 1.82. The Morgan fingerprint density at radius 3 is 2.56 bits per heavy atom. The van der Waals surface area contributed by atoms with Crippen LogP contribution in [0.3, 0.4) is 0 Å². The largest absolute Gasteiger partial charge is 0.366 e. The lowest BCUT2D eigenvalue weighted by Crippen LogP contribution is -2.19. The van der Waals surface area contributed by atoms with E-state index in [2.05, 4.69) is 15.4 Å². The van der Waals surface area contributed by atoms with E-state index >= 15 is 0 Å². The SMILES string of the molecule is CC.CCn1nc(N)nc1NCC1CCCCC1. The zero-order chi connectivity index (χ0) is 13.4. The lowest BCUT2D eigenvalue weighted by Gasteiger charge is -2.21. The van der Waals surface area contributed by atoms with Crippen molar-refractivity contribution in [1.29, 1.82) is 0 Å². The molecule has 5 heteroatoms. The van der Waals surface area contributed by atoms with E-state index in [0.717, 1.165) is 25.0 Å². The Labute approximate surface area is 110 Å². The molecule has 1 aliphatic rings. The number of hydrogen-bond donors (Lipinski definition) is 2. The van der Waals surface area contributed by atoms with Crippen molar-refractivity contribution < 1.29 is 0 Å². The molecule has 1 aliphatic carbocycles. The molecule has 0 saturated heterocycles. The molecule has 1 saturated carbocycles. The predicted octanol–water partition coefficient (Wildman–Crippen LogP) is 2.90. The van der Waals surface area contributed by atoms with Crippen LogP contribution < -0.4 is 11.1 Å². The normalized spacial score (nSPS) is 15.9. The summed E-state index contributed by atoms with van der Waals surface area (Å²) in [6.45, 7) is 7.84. The molecule has 18 heavy (non-hydrogen) atoms. The van der Waals surface area contributed by atoms with Crippen LogP contribution in [-0.4, -0.2) is 21.3 Å². The summed E-state index contributed by atoms with van der Waals surface area (Å²) in [5.74, 6) is 1.95. The topological polar surface area (TPSA) is 68.8 Å². The van der Waals surface area contributed by atoms with E-state index in [1.807, 2.05) is 25.5 Å². The Morgan fingerprint density at radius 1 is 1.28 bits per heavy atom. The van der Waals surface area contributed by atoms with Crippen LogP contribution in [0.2, 0.25) is 0 Å². The first-order chi connectivity index (χ1) is 8.79. The van der Waals surface area contributed by atoms with Crippen molar-refractivity contribution in [2.45, 2.75) is 59.4 Å². The molecule has 1 aromatic rings. The minimum Gasteiger partial charge on any atom is -0.366 e. The number of nitrogens with one attached hydrogen (secondary N) is 1. The van der Waals surface area contributed by atoms with Crippen molar-refractivity contribution in [2.75, 3.05) is 17.6 Å². The van der Waals surface area contributed by atoms with Crippen molar-refractivity contribution in [3.8, 4) is 0 Å². The smallest absolute Gasteiger partial charge is 0.241 e. The molecule has 1 fully saturated rings. The van der Waals surface area contributed by atoms with Gasteiger partial charge in [-0.05, 0) is 25.7 Å². The predicted molar refractivity (Wildman–Crippen MR) is 76.5 cm³/mol. The van der Waals surface area contributed by atoms with Crippen LogP contribution in [0.1, 0.15) is 52.9 Å². The molecular formula is C13H27N5. The molecule has 0 amide bonds. The number of anilines is 2. The Balaban J connectivity index is 0.000000771. The van der Waals surface area contributed by atoms with E-state index in [-0.39, 0.29) is 0 Å². The molecule has 0 unspecified atom stereocenters. The maximum absolute atomic E-state index is 5.58. The Kier molecular flexibility index (Phi) is 6.54. The summed E-state index contributed by atoms with van der Waals surface area (Å²) in [7, 11) is 0. The van der Waals surface area contributed by atoms with Crippen molar-refractivity contribution in [2.24, 2.45) is 5.92 Å². The van der Waals surface area contributed by atoms with Gasteiger partial charge < -0.3 is 11.1 Å². The van der Waals surface area contributed by atoms with Gasteiger partial charge in [0.15, 0.2) is 0 Å². The van der Waals surface area contributed by atoms with Gasteiger partial charge in [-0.25, -0.2) is 4.68 Å². The Bertz CT molecular complexity index is 328. The molecule has 0 bridgehead atoms. The first kappa shape index (κ1) is 14.8. The fourth-order valence-corrected chi connectivity index (χ4v) is 2.34. The van der Waals surface area contributed by atoms with Crippen LogP contribution >= 0.6 is 0 Å². The van der Waals surface area contributed by atoms with E-state index < -0.39 is 0 Å². The van der Waals surface area contributed by atoms with Crippen LogP contribution in [0.25, 0.3) is 0 Å². The van der Waals surface area contributed by atoms with Gasteiger partial charge >= 0.3 is 0 Å². The second-order valence-electron chi connectivity index (χ2n) is 4.49. The maximum atomic E-state index is 5.58. The molecule has 1 heterocycles. The minimum absolute atomic E-state index is 0.355. The van der Waals surface area contributed by atoms with Gasteiger partial charge in [-0.15, -0.1) is 5.10 Å². The first-order valence-electron chi connectivity index (χ1n) is 7.23. The minimum atomic E-state index is 0.355. The maximum Gasteiger partial charge on any atom is 0.241 e. The number of rotatable bonds is 4. The van der Waals surface area contributed by atoms with Crippen LogP contribution in [-0.2, 0) is 6.54 Å². The molecule has 3 N–H and O–H groups in total. The summed E-state index contributed by atoms with van der Waals surface area (Å²) in [5, 5.41) is 7.48. The highest BCUT2D eigenvalue weighted by atomic mass is 15.4. The molecule has 5 nitrogen and oxygen atoms in total. The summed E-state index contributed by atoms with van der Waals surface area (Å²) >= 11 is 0. The van der Waals surface area contributed by atoms with Gasteiger partial charge in [-0.3, -0.25) is 0 Å². The standard InChI is InChI=1S/C11H21N5.C2H6/c1-2-16-11(14-10(12)15-16)13-8-9-6-4-3-5-7-9;1-2/h9H,2-8H2,1H3,(H3,12,13,14,15);1-2H3. The van der Waals surface area contributed by atoms with Gasteiger partial charge in [0.25, 0.3) is 0 Å². The molecule has 0 aromatic carbocycles. The number of nitrogens with zero attached hydrogens (tertiary/aromatic N) is 3. The summed E-state index contributed by atoms with van der Waals surface area (Å²) in [6.07, 6.45) is 6.81. The lowest BCUT2D eigenvalue weighted by atomic mass is 9.89. The number of aromatic nitrogens is 3. The number of nitrogens with two attached hydrogens (primary N) is 1. The molecule has 0 aliphatic heterocycles.